The predicted octanol–water partition coefficient (Wildman–Crippen LogP) is 5.12. The third kappa shape index (κ3) is 5.66. The lowest BCUT2D eigenvalue weighted by Gasteiger charge is -2.19. The van der Waals surface area contributed by atoms with Crippen LogP contribution < -0.4 is 25.4 Å². The van der Waals surface area contributed by atoms with Crippen molar-refractivity contribution in [1.29, 1.82) is 0 Å². The van der Waals surface area contributed by atoms with Crippen LogP contribution in [0.5, 0.6) is 17.4 Å². The van der Waals surface area contributed by atoms with Gasteiger partial charge in [-0.3, -0.25) is 9.59 Å². The van der Waals surface area contributed by atoms with Crippen LogP contribution >= 0.6 is 11.6 Å². The second kappa shape index (κ2) is 10.5. The average molecular weight is 520 g/mol. The summed E-state index contributed by atoms with van der Waals surface area (Å²) in [5.41, 5.74) is -1.34. The summed E-state index contributed by atoms with van der Waals surface area (Å²) in [6, 6.07) is 7.33. The van der Waals surface area contributed by atoms with Crippen molar-refractivity contribution in [1.82, 2.24) is 9.97 Å². The molecule has 1 amide bonds. The number of carbonyl (C=O) groups is 2. The topological polar surface area (TPSA) is 114 Å². The van der Waals surface area contributed by atoms with Gasteiger partial charge in [0, 0.05) is 17.5 Å². The third-order valence-electron chi connectivity index (χ3n) is 4.81. The lowest BCUT2D eigenvalue weighted by atomic mass is 10.1. The number of halogens is 4. The first-order chi connectivity index (χ1) is 17.3. The normalized spacial score (nSPS) is 12.8. The van der Waals surface area contributed by atoms with Crippen molar-refractivity contribution in [2.45, 2.75) is 6.18 Å². The molecule has 36 heavy (non-hydrogen) atoms. The highest BCUT2D eigenvalue weighted by atomic mass is 35.5. The van der Waals surface area contributed by atoms with Crippen LogP contribution in [0.2, 0.25) is 5.02 Å². The molecule has 1 aliphatic heterocycles. The van der Waals surface area contributed by atoms with Gasteiger partial charge in [-0.15, -0.1) is 0 Å². The predicted molar refractivity (Wildman–Crippen MR) is 126 cm³/mol. The van der Waals surface area contributed by atoms with Crippen LogP contribution in [0.15, 0.2) is 55.0 Å². The van der Waals surface area contributed by atoms with Crippen LogP contribution in [0.4, 0.5) is 30.4 Å². The van der Waals surface area contributed by atoms with Crippen LogP contribution in [0.1, 0.15) is 15.9 Å². The number of hydrogen-bond donors (Lipinski definition) is 3. The summed E-state index contributed by atoms with van der Waals surface area (Å²) in [7, 11) is 0. The number of aromatic nitrogens is 2. The summed E-state index contributed by atoms with van der Waals surface area (Å²) in [6.07, 6.45) is -0.946. The summed E-state index contributed by atoms with van der Waals surface area (Å²) < 4.78 is 51.9. The molecule has 0 fully saturated rings. The van der Waals surface area contributed by atoms with E-state index in [4.69, 9.17) is 21.1 Å². The van der Waals surface area contributed by atoms with E-state index in [0.717, 1.165) is 24.4 Å². The highest BCUT2D eigenvalue weighted by molar-refractivity contribution is 6.32. The maximum atomic E-state index is 13.5. The zero-order valence-corrected chi connectivity index (χ0v) is 19.0. The molecule has 0 bridgehead atoms. The lowest BCUT2D eigenvalue weighted by molar-refractivity contribution is -0.136. The standard InChI is InChI=1S/C23H17ClF3N5O4/c24-16-4-2-13(10-18(16)36-22-19-20(30-12-31-22)29-7-9-35-19)21(34)32-14-3-5-17(28-6-1-8-33)15(11-14)23(25,26)27/h1-6,8,10-12,28H,7,9H2,(H,32,34)(H,29,30,31). The minimum atomic E-state index is -4.72. The fourth-order valence-electron chi connectivity index (χ4n) is 3.20. The van der Waals surface area contributed by atoms with Crippen LogP contribution in [0, 0.1) is 0 Å². The molecule has 1 aliphatic rings. The van der Waals surface area contributed by atoms with E-state index in [0.29, 0.717) is 25.3 Å². The molecule has 0 radical (unpaired) electrons. The minimum Gasteiger partial charge on any atom is -0.483 e. The fourth-order valence-corrected chi connectivity index (χ4v) is 3.35. The van der Waals surface area contributed by atoms with Crippen molar-refractivity contribution in [3.63, 3.8) is 0 Å². The molecule has 3 aromatic rings. The van der Waals surface area contributed by atoms with Gasteiger partial charge in [0.2, 0.25) is 5.75 Å². The van der Waals surface area contributed by atoms with Crippen molar-refractivity contribution in [2.75, 3.05) is 29.1 Å². The smallest absolute Gasteiger partial charge is 0.418 e. The molecule has 2 aromatic carbocycles. The van der Waals surface area contributed by atoms with Crippen LogP contribution in [0.25, 0.3) is 0 Å². The Morgan fingerprint density at radius 2 is 2.03 bits per heavy atom. The van der Waals surface area contributed by atoms with E-state index < -0.39 is 17.6 Å². The Bertz CT molecular complexity index is 1330. The van der Waals surface area contributed by atoms with Gasteiger partial charge in [-0.25, -0.2) is 4.98 Å². The molecule has 4 rings (SSSR count). The lowest BCUT2D eigenvalue weighted by Crippen LogP contribution is -2.19. The Morgan fingerprint density at radius 3 is 2.81 bits per heavy atom. The van der Waals surface area contributed by atoms with Crippen molar-refractivity contribution in [2.24, 2.45) is 0 Å². The second-order valence-electron chi connectivity index (χ2n) is 7.23. The molecule has 186 valence electrons. The quantitative estimate of drug-likeness (QED) is 0.291. The first-order valence-corrected chi connectivity index (χ1v) is 10.7. The molecular formula is C23H17ClF3N5O4. The monoisotopic (exact) mass is 519 g/mol. The summed E-state index contributed by atoms with van der Waals surface area (Å²) >= 11 is 6.22. The SMILES string of the molecule is O=CC=CNc1ccc(NC(=O)c2ccc(Cl)c(Oc3ncnc4c3OCCN4)c2)cc1C(F)(F)F. The Hall–Kier alpha value is -4.32. The Balaban J connectivity index is 1.56. The van der Waals surface area contributed by atoms with E-state index in [1.54, 1.807) is 0 Å². The molecule has 0 spiro atoms. The van der Waals surface area contributed by atoms with Crippen LogP contribution in [-0.4, -0.2) is 35.3 Å². The van der Waals surface area contributed by atoms with Gasteiger partial charge in [-0.2, -0.15) is 18.2 Å². The zero-order valence-electron chi connectivity index (χ0n) is 18.2. The number of rotatable bonds is 7. The van der Waals surface area contributed by atoms with E-state index in [2.05, 4.69) is 25.9 Å². The fraction of sp³-hybridized carbons (Fsp3) is 0.130. The Kier molecular flexibility index (Phi) is 7.25. The summed E-state index contributed by atoms with van der Waals surface area (Å²) in [6.45, 7) is 0.927. The molecule has 9 nitrogen and oxygen atoms in total. The average Bonchev–Trinajstić information content (AvgIpc) is 2.86. The molecule has 3 N–H and O–H groups in total. The number of aldehydes is 1. The van der Waals surface area contributed by atoms with Gasteiger partial charge in [0.15, 0.2) is 5.82 Å². The molecule has 1 aromatic heterocycles. The molecule has 0 atom stereocenters. The number of ether oxygens (including phenoxy) is 2. The maximum Gasteiger partial charge on any atom is 0.418 e. The number of anilines is 3. The highest BCUT2D eigenvalue weighted by Crippen LogP contribution is 2.39. The van der Waals surface area contributed by atoms with Crippen molar-refractivity contribution in [3.8, 4) is 17.4 Å². The number of nitrogens with one attached hydrogen (secondary N) is 3. The number of hydrogen-bond acceptors (Lipinski definition) is 8. The molecule has 0 aliphatic carbocycles. The summed E-state index contributed by atoms with van der Waals surface area (Å²) in [5.74, 6) is 0.182. The number of carbonyl (C=O) groups excluding carboxylic acids is 2. The van der Waals surface area contributed by atoms with Gasteiger partial charge in [0.25, 0.3) is 11.8 Å². The second-order valence-corrected chi connectivity index (χ2v) is 7.64. The van der Waals surface area contributed by atoms with Gasteiger partial charge < -0.3 is 25.4 Å². The number of benzene rings is 2. The van der Waals surface area contributed by atoms with Crippen LogP contribution in [-0.2, 0) is 11.0 Å². The molecule has 13 heteroatoms. The van der Waals surface area contributed by atoms with Gasteiger partial charge >= 0.3 is 6.18 Å². The van der Waals surface area contributed by atoms with Crippen molar-refractivity contribution >= 4 is 41.0 Å². The van der Waals surface area contributed by atoms with Gasteiger partial charge in [-0.05, 0) is 42.5 Å². The number of alkyl halides is 3. The molecule has 0 saturated carbocycles. The van der Waals surface area contributed by atoms with Crippen LogP contribution in [0.3, 0.4) is 0 Å². The molecular weight excluding hydrogens is 503 g/mol. The van der Waals surface area contributed by atoms with E-state index in [-0.39, 0.29) is 39.3 Å². The first kappa shape index (κ1) is 24.8. The van der Waals surface area contributed by atoms with Gasteiger partial charge in [-0.1, -0.05) is 11.6 Å². The zero-order chi connectivity index (χ0) is 25.7. The largest absolute Gasteiger partial charge is 0.483 e. The number of nitrogens with zero attached hydrogens (tertiary/aromatic N) is 2. The molecule has 0 saturated heterocycles. The molecule has 0 unspecified atom stereocenters. The summed E-state index contributed by atoms with van der Waals surface area (Å²) in [4.78, 5) is 31.3. The first-order valence-electron chi connectivity index (χ1n) is 10.3. The highest BCUT2D eigenvalue weighted by Gasteiger charge is 2.34. The Morgan fingerprint density at radius 1 is 1.19 bits per heavy atom. The van der Waals surface area contributed by atoms with E-state index in [1.165, 1.54) is 30.6 Å². The number of allylic oxidation sites excluding steroid dienone is 1. The Labute approximate surface area is 207 Å². The van der Waals surface area contributed by atoms with E-state index in [1.807, 2.05) is 0 Å². The summed E-state index contributed by atoms with van der Waals surface area (Å²) in [5, 5.41) is 8.02. The van der Waals surface area contributed by atoms with E-state index >= 15 is 0 Å². The maximum absolute atomic E-state index is 13.5. The minimum absolute atomic E-state index is 0.0704. The third-order valence-corrected chi connectivity index (χ3v) is 5.12. The molecule has 2 heterocycles. The van der Waals surface area contributed by atoms with Crippen molar-refractivity contribution < 1.29 is 32.2 Å². The van der Waals surface area contributed by atoms with E-state index in [9.17, 15) is 22.8 Å². The van der Waals surface area contributed by atoms with Crippen molar-refractivity contribution in [3.05, 3.63) is 71.2 Å². The van der Waals surface area contributed by atoms with Gasteiger partial charge in [0.05, 0.1) is 22.8 Å². The number of fused-ring (bicyclic) bond motifs is 1. The van der Waals surface area contributed by atoms with Gasteiger partial charge in [0.1, 0.15) is 25.0 Å². The number of amides is 1.